The summed E-state index contributed by atoms with van der Waals surface area (Å²) in [6.07, 6.45) is -3.33. The molecule has 4 rings (SSSR count). The Morgan fingerprint density at radius 2 is 1.78 bits per heavy atom. The molecule has 0 bridgehead atoms. The molecule has 0 saturated heterocycles. The molecular weight excluding hydrogens is 515 g/mol. The van der Waals surface area contributed by atoms with Crippen LogP contribution in [0.1, 0.15) is 18.1 Å². The third kappa shape index (κ3) is 5.41. The SMILES string of the molecule is COc1cc(/C=C2\C(=O)N(c3cccc(Cl)c3)N=C2C)ccc1Oc1ccc([N+](=O)[O-])cc1C(F)(F)F. The summed E-state index contributed by atoms with van der Waals surface area (Å²) in [6.45, 7) is 1.66. The highest BCUT2D eigenvalue weighted by Crippen LogP contribution is 2.42. The van der Waals surface area contributed by atoms with E-state index in [2.05, 4.69) is 5.10 Å². The van der Waals surface area contributed by atoms with Crippen molar-refractivity contribution in [3.63, 3.8) is 0 Å². The predicted octanol–water partition coefficient (Wildman–Crippen LogP) is 6.87. The molecule has 0 aromatic heterocycles. The summed E-state index contributed by atoms with van der Waals surface area (Å²) >= 11 is 6.02. The van der Waals surface area contributed by atoms with E-state index in [4.69, 9.17) is 21.1 Å². The molecule has 8 nitrogen and oxygen atoms in total. The van der Waals surface area contributed by atoms with E-state index in [0.717, 1.165) is 12.1 Å². The number of anilines is 1. The second-order valence-corrected chi connectivity index (χ2v) is 8.22. The minimum Gasteiger partial charge on any atom is -0.493 e. The van der Waals surface area contributed by atoms with Gasteiger partial charge in [0.2, 0.25) is 0 Å². The van der Waals surface area contributed by atoms with Gasteiger partial charge in [-0.25, -0.2) is 0 Å². The van der Waals surface area contributed by atoms with Crippen LogP contribution in [0.3, 0.4) is 0 Å². The molecule has 0 unspecified atom stereocenters. The molecule has 0 atom stereocenters. The number of hydrogen-bond acceptors (Lipinski definition) is 6. The quantitative estimate of drug-likeness (QED) is 0.196. The van der Waals surface area contributed by atoms with E-state index in [1.54, 1.807) is 37.3 Å². The summed E-state index contributed by atoms with van der Waals surface area (Å²) < 4.78 is 51.3. The lowest BCUT2D eigenvalue weighted by Crippen LogP contribution is -2.21. The topological polar surface area (TPSA) is 94.3 Å². The number of hydrogen-bond donors (Lipinski definition) is 0. The first-order chi connectivity index (χ1) is 17.5. The van der Waals surface area contributed by atoms with Crippen molar-refractivity contribution in [3.8, 4) is 17.2 Å². The molecule has 3 aromatic carbocycles. The van der Waals surface area contributed by atoms with Gasteiger partial charge < -0.3 is 9.47 Å². The number of benzene rings is 3. The number of halogens is 4. The van der Waals surface area contributed by atoms with Gasteiger partial charge in [-0.15, -0.1) is 0 Å². The third-order valence-corrected chi connectivity index (χ3v) is 5.55. The average molecular weight is 532 g/mol. The van der Waals surface area contributed by atoms with Crippen molar-refractivity contribution in [2.24, 2.45) is 5.10 Å². The van der Waals surface area contributed by atoms with Gasteiger partial charge >= 0.3 is 6.18 Å². The maximum Gasteiger partial charge on any atom is 0.420 e. The maximum absolute atomic E-state index is 13.5. The molecule has 0 N–H and O–H groups in total. The molecule has 0 saturated carbocycles. The van der Waals surface area contributed by atoms with Crippen LogP contribution in [0.4, 0.5) is 24.5 Å². The molecule has 37 heavy (non-hydrogen) atoms. The number of nitro benzene ring substituents is 1. The van der Waals surface area contributed by atoms with Crippen LogP contribution in [-0.2, 0) is 11.0 Å². The highest BCUT2D eigenvalue weighted by molar-refractivity contribution is 6.33. The summed E-state index contributed by atoms with van der Waals surface area (Å²) in [7, 11) is 1.30. The number of nitrogens with zero attached hydrogens (tertiary/aromatic N) is 3. The summed E-state index contributed by atoms with van der Waals surface area (Å²) in [5.41, 5.74) is -0.298. The summed E-state index contributed by atoms with van der Waals surface area (Å²) in [5.74, 6) is -1.01. The molecule has 190 valence electrons. The van der Waals surface area contributed by atoms with Gasteiger partial charge in [0.05, 0.1) is 29.0 Å². The van der Waals surface area contributed by atoms with Crippen LogP contribution in [0.2, 0.25) is 5.02 Å². The number of alkyl halides is 3. The van der Waals surface area contributed by atoms with Crippen molar-refractivity contribution in [3.05, 3.63) is 92.5 Å². The normalized spacial score (nSPS) is 14.6. The second-order valence-electron chi connectivity index (χ2n) is 7.79. The lowest BCUT2D eigenvalue weighted by molar-refractivity contribution is -0.385. The Kier molecular flexibility index (Phi) is 6.90. The van der Waals surface area contributed by atoms with Gasteiger partial charge in [0.1, 0.15) is 11.3 Å². The van der Waals surface area contributed by atoms with Gasteiger partial charge in [-0.1, -0.05) is 23.7 Å². The highest BCUT2D eigenvalue weighted by atomic mass is 35.5. The Balaban J connectivity index is 1.64. The predicted molar refractivity (Wildman–Crippen MR) is 131 cm³/mol. The third-order valence-electron chi connectivity index (χ3n) is 5.31. The van der Waals surface area contributed by atoms with Crippen molar-refractivity contribution in [1.82, 2.24) is 0 Å². The van der Waals surface area contributed by atoms with Gasteiger partial charge in [0, 0.05) is 17.2 Å². The molecule has 3 aromatic rings. The van der Waals surface area contributed by atoms with Crippen LogP contribution in [0.15, 0.2) is 71.3 Å². The first kappa shape index (κ1) is 25.7. The number of carbonyl (C=O) groups excluding carboxylic acids is 1. The van der Waals surface area contributed by atoms with E-state index in [1.165, 1.54) is 30.3 Å². The molecule has 1 aliphatic heterocycles. The van der Waals surface area contributed by atoms with Gasteiger partial charge in [-0.05, 0) is 55.0 Å². The van der Waals surface area contributed by atoms with Crippen LogP contribution in [0, 0.1) is 10.1 Å². The van der Waals surface area contributed by atoms with E-state index in [9.17, 15) is 28.1 Å². The number of amides is 1. The zero-order chi connectivity index (χ0) is 26.9. The largest absolute Gasteiger partial charge is 0.493 e. The average Bonchev–Trinajstić information content (AvgIpc) is 3.12. The lowest BCUT2D eigenvalue weighted by Gasteiger charge is -2.15. The fourth-order valence-electron chi connectivity index (χ4n) is 3.55. The maximum atomic E-state index is 13.5. The van der Waals surface area contributed by atoms with E-state index in [1.807, 2.05) is 0 Å². The zero-order valence-corrected chi connectivity index (χ0v) is 20.0. The standard InChI is InChI=1S/C25H17ClF3N3O5/c1-14-19(24(33)31(30-14)17-5-3-4-16(26)12-17)10-15-6-8-22(23(11-15)36-2)37-21-9-7-18(32(34)35)13-20(21)25(27,28)29/h3-13H,1-2H3/b19-10-. The number of hydrazone groups is 1. The summed E-state index contributed by atoms with van der Waals surface area (Å²) in [5, 5.41) is 16.9. The van der Waals surface area contributed by atoms with Crippen LogP contribution in [0.25, 0.3) is 6.08 Å². The molecule has 0 fully saturated rings. The first-order valence-corrected chi connectivity index (χ1v) is 10.9. The van der Waals surface area contributed by atoms with Gasteiger partial charge in [-0.2, -0.15) is 23.3 Å². The first-order valence-electron chi connectivity index (χ1n) is 10.6. The van der Waals surface area contributed by atoms with Crippen LogP contribution >= 0.6 is 11.6 Å². The Bertz CT molecular complexity index is 1470. The smallest absolute Gasteiger partial charge is 0.420 e. The van der Waals surface area contributed by atoms with Crippen molar-refractivity contribution in [2.45, 2.75) is 13.1 Å². The Hall–Kier alpha value is -4.38. The minimum atomic E-state index is -4.90. The Morgan fingerprint density at radius 1 is 1.05 bits per heavy atom. The number of non-ortho nitro benzene ring substituents is 1. The Labute approximate surface area is 213 Å². The molecular formula is C25H17ClF3N3O5. The van der Waals surface area contributed by atoms with Crippen molar-refractivity contribution < 1.29 is 32.4 Å². The van der Waals surface area contributed by atoms with E-state index in [-0.39, 0.29) is 17.4 Å². The van der Waals surface area contributed by atoms with Crippen molar-refractivity contribution in [2.75, 3.05) is 12.1 Å². The highest BCUT2D eigenvalue weighted by Gasteiger charge is 2.36. The van der Waals surface area contributed by atoms with Gasteiger partial charge in [0.25, 0.3) is 11.6 Å². The monoisotopic (exact) mass is 531 g/mol. The number of carbonyl (C=O) groups is 1. The van der Waals surface area contributed by atoms with Gasteiger partial charge in [0.15, 0.2) is 11.5 Å². The Morgan fingerprint density at radius 3 is 2.43 bits per heavy atom. The molecule has 0 radical (unpaired) electrons. The molecule has 1 heterocycles. The van der Waals surface area contributed by atoms with E-state index < -0.39 is 28.1 Å². The van der Waals surface area contributed by atoms with Crippen LogP contribution in [0.5, 0.6) is 17.2 Å². The number of methoxy groups -OCH3 is 1. The fraction of sp³-hybridized carbons (Fsp3) is 0.120. The van der Waals surface area contributed by atoms with E-state index >= 15 is 0 Å². The van der Waals surface area contributed by atoms with Crippen LogP contribution < -0.4 is 14.5 Å². The van der Waals surface area contributed by atoms with Gasteiger partial charge in [-0.3, -0.25) is 14.9 Å². The fourth-order valence-corrected chi connectivity index (χ4v) is 3.74. The minimum absolute atomic E-state index is 0.0623. The molecule has 0 spiro atoms. The molecule has 1 aliphatic rings. The lowest BCUT2D eigenvalue weighted by atomic mass is 10.1. The number of nitro groups is 1. The van der Waals surface area contributed by atoms with Crippen molar-refractivity contribution >= 4 is 40.7 Å². The molecule has 0 aliphatic carbocycles. The summed E-state index contributed by atoms with van der Waals surface area (Å²) in [6, 6.07) is 13.2. The molecule has 1 amide bonds. The number of ether oxygens (including phenoxy) is 2. The second kappa shape index (κ2) is 9.94. The molecule has 12 heteroatoms. The summed E-state index contributed by atoms with van der Waals surface area (Å²) in [4.78, 5) is 23.0. The van der Waals surface area contributed by atoms with Crippen LogP contribution in [-0.4, -0.2) is 23.7 Å². The number of rotatable bonds is 6. The van der Waals surface area contributed by atoms with E-state index in [0.29, 0.717) is 33.6 Å². The zero-order valence-electron chi connectivity index (χ0n) is 19.2. The van der Waals surface area contributed by atoms with Crippen molar-refractivity contribution in [1.29, 1.82) is 0 Å².